The molecular weight excluding hydrogens is 395 g/mol. The minimum atomic E-state index is 0.189. The van der Waals surface area contributed by atoms with E-state index in [2.05, 4.69) is 15.3 Å². The normalized spacial score (nSPS) is 11.0. The molecule has 4 rings (SSSR count). The van der Waals surface area contributed by atoms with Gasteiger partial charge in [-0.3, -0.25) is 0 Å². The van der Waals surface area contributed by atoms with Crippen LogP contribution in [0.2, 0.25) is 10.0 Å². The molecule has 2 aromatic heterocycles. The number of rotatable bonds is 5. The third-order valence-corrected chi connectivity index (χ3v) is 5.12. The molecule has 0 atom stereocenters. The molecule has 2 aromatic carbocycles. The highest BCUT2D eigenvalue weighted by molar-refractivity contribution is 7.19. The highest BCUT2D eigenvalue weighted by atomic mass is 35.5. The van der Waals surface area contributed by atoms with Crippen molar-refractivity contribution >= 4 is 39.5 Å². The number of benzene rings is 2. The lowest BCUT2D eigenvalue weighted by Crippen LogP contribution is -2.02. The molecule has 4 aromatic rings. The van der Waals surface area contributed by atoms with Gasteiger partial charge >= 0.3 is 0 Å². The Bertz CT molecular complexity index is 1060. The van der Waals surface area contributed by atoms with Crippen LogP contribution in [-0.2, 0) is 6.61 Å². The van der Waals surface area contributed by atoms with E-state index >= 15 is 0 Å². The first kappa shape index (κ1) is 17.1. The third kappa shape index (κ3) is 3.33. The van der Waals surface area contributed by atoms with Crippen LogP contribution in [-0.4, -0.2) is 26.9 Å². The Morgan fingerprint density at radius 2 is 1.88 bits per heavy atom. The Morgan fingerprint density at radius 3 is 2.62 bits per heavy atom. The van der Waals surface area contributed by atoms with Gasteiger partial charge in [0, 0.05) is 10.6 Å². The van der Waals surface area contributed by atoms with Gasteiger partial charge in [-0.1, -0.05) is 34.5 Å². The van der Waals surface area contributed by atoms with E-state index in [1.54, 1.807) is 29.8 Å². The molecule has 132 valence electrons. The van der Waals surface area contributed by atoms with E-state index in [-0.39, 0.29) is 6.61 Å². The summed E-state index contributed by atoms with van der Waals surface area (Å²) in [4.78, 5) is 0.691. The van der Waals surface area contributed by atoms with Gasteiger partial charge in [0.2, 0.25) is 4.96 Å². The van der Waals surface area contributed by atoms with Crippen molar-refractivity contribution in [2.45, 2.75) is 6.61 Å². The van der Waals surface area contributed by atoms with Crippen LogP contribution in [0.5, 0.6) is 11.5 Å². The van der Waals surface area contributed by atoms with Crippen LogP contribution >= 0.6 is 34.5 Å². The van der Waals surface area contributed by atoms with Gasteiger partial charge < -0.3 is 9.47 Å². The van der Waals surface area contributed by atoms with E-state index in [4.69, 9.17) is 32.7 Å². The van der Waals surface area contributed by atoms with Crippen LogP contribution in [0.3, 0.4) is 0 Å². The minimum absolute atomic E-state index is 0.189. The first-order chi connectivity index (χ1) is 12.6. The summed E-state index contributed by atoms with van der Waals surface area (Å²) in [6.45, 7) is 0.189. The molecule has 0 saturated heterocycles. The molecule has 0 bridgehead atoms. The highest BCUT2D eigenvalue weighted by Gasteiger charge is 2.14. The maximum atomic E-state index is 6.12. The molecule has 0 amide bonds. The lowest BCUT2D eigenvalue weighted by atomic mass is 10.2. The van der Waals surface area contributed by atoms with Crippen molar-refractivity contribution in [3.05, 3.63) is 58.3 Å². The average molecular weight is 407 g/mol. The summed E-state index contributed by atoms with van der Waals surface area (Å²) < 4.78 is 12.6. The zero-order valence-corrected chi connectivity index (χ0v) is 15.8. The molecular formula is C17H12Cl2N4O2S. The maximum Gasteiger partial charge on any atom is 0.235 e. The molecule has 9 heteroatoms. The molecule has 0 aliphatic heterocycles. The zero-order valence-electron chi connectivity index (χ0n) is 13.5. The van der Waals surface area contributed by atoms with Crippen LogP contribution in [0.4, 0.5) is 0 Å². The largest absolute Gasteiger partial charge is 0.497 e. The topological polar surface area (TPSA) is 61.5 Å². The summed E-state index contributed by atoms with van der Waals surface area (Å²) in [5, 5.41) is 14.7. The number of fused-ring (bicyclic) bond motifs is 1. The SMILES string of the molecule is COc1ccc(-c2nn3c(COc4ccc(Cl)cc4Cl)nnc3s2)cc1. The zero-order chi connectivity index (χ0) is 18.1. The second-order valence-corrected chi connectivity index (χ2v) is 7.11. The second kappa shape index (κ2) is 7.11. The first-order valence-corrected chi connectivity index (χ1v) is 9.14. The molecule has 6 nitrogen and oxygen atoms in total. The number of aromatic nitrogens is 4. The number of methoxy groups -OCH3 is 1. The Labute approximate surface area is 162 Å². The van der Waals surface area contributed by atoms with Crippen molar-refractivity contribution in [3.8, 4) is 22.1 Å². The number of hydrogen-bond donors (Lipinski definition) is 0. The number of hydrogen-bond acceptors (Lipinski definition) is 6. The van der Waals surface area contributed by atoms with Crippen molar-refractivity contribution in [2.75, 3.05) is 7.11 Å². The second-order valence-electron chi connectivity index (χ2n) is 5.31. The molecule has 0 unspecified atom stereocenters. The van der Waals surface area contributed by atoms with Gasteiger partial charge in [-0.25, -0.2) is 0 Å². The van der Waals surface area contributed by atoms with Crippen molar-refractivity contribution in [2.24, 2.45) is 0 Å². The van der Waals surface area contributed by atoms with Gasteiger partial charge in [-0.05, 0) is 42.5 Å². The average Bonchev–Trinajstić information content (AvgIpc) is 3.22. The van der Waals surface area contributed by atoms with Gasteiger partial charge in [0.1, 0.15) is 23.1 Å². The van der Waals surface area contributed by atoms with Gasteiger partial charge in [-0.15, -0.1) is 10.2 Å². The molecule has 0 spiro atoms. The van der Waals surface area contributed by atoms with Crippen LogP contribution in [0.25, 0.3) is 15.5 Å². The summed E-state index contributed by atoms with van der Waals surface area (Å²) in [6.07, 6.45) is 0. The smallest absolute Gasteiger partial charge is 0.235 e. The Kier molecular flexibility index (Phi) is 4.67. The number of nitrogens with zero attached hydrogens (tertiary/aromatic N) is 4. The maximum absolute atomic E-state index is 6.12. The summed E-state index contributed by atoms with van der Waals surface area (Å²) in [5.41, 5.74) is 0.980. The summed E-state index contributed by atoms with van der Waals surface area (Å²) in [6, 6.07) is 12.7. The van der Waals surface area contributed by atoms with E-state index in [0.29, 0.717) is 26.6 Å². The Hall–Kier alpha value is -2.35. The van der Waals surface area contributed by atoms with Crippen molar-refractivity contribution in [1.82, 2.24) is 19.8 Å². The molecule has 0 radical (unpaired) electrons. The van der Waals surface area contributed by atoms with E-state index < -0.39 is 0 Å². The summed E-state index contributed by atoms with van der Waals surface area (Å²) in [5.74, 6) is 1.91. The monoisotopic (exact) mass is 406 g/mol. The molecule has 26 heavy (non-hydrogen) atoms. The van der Waals surface area contributed by atoms with E-state index in [1.165, 1.54) is 11.3 Å². The van der Waals surface area contributed by atoms with E-state index in [1.807, 2.05) is 24.3 Å². The van der Waals surface area contributed by atoms with Gasteiger partial charge in [0.25, 0.3) is 0 Å². The standard InChI is InChI=1S/C17H12Cl2N4O2S/c1-24-12-5-2-10(3-6-12)16-22-23-15(20-21-17(23)26-16)9-25-14-7-4-11(18)8-13(14)19/h2-8H,9H2,1H3. The van der Waals surface area contributed by atoms with Gasteiger partial charge in [0.15, 0.2) is 5.82 Å². The molecule has 0 aliphatic rings. The summed E-state index contributed by atoms with van der Waals surface area (Å²) >= 11 is 13.5. The van der Waals surface area contributed by atoms with Crippen LogP contribution in [0.15, 0.2) is 42.5 Å². The molecule has 0 N–H and O–H groups in total. The van der Waals surface area contributed by atoms with Crippen LogP contribution in [0, 0.1) is 0 Å². The Morgan fingerprint density at radius 1 is 1.08 bits per heavy atom. The molecule has 0 saturated carbocycles. The van der Waals surface area contributed by atoms with Crippen molar-refractivity contribution < 1.29 is 9.47 Å². The fraction of sp³-hybridized carbons (Fsp3) is 0.118. The quantitative estimate of drug-likeness (QED) is 0.478. The molecule has 0 aliphatic carbocycles. The number of halogens is 2. The van der Waals surface area contributed by atoms with Crippen molar-refractivity contribution in [3.63, 3.8) is 0 Å². The van der Waals surface area contributed by atoms with E-state index in [0.717, 1.165) is 16.3 Å². The predicted molar refractivity (Wildman–Crippen MR) is 101 cm³/mol. The third-order valence-electron chi connectivity index (χ3n) is 3.64. The predicted octanol–water partition coefficient (Wildman–Crippen LogP) is 4.75. The van der Waals surface area contributed by atoms with Crippen LogP contribution < -0.4 is 9.47 Å². The Balaban J connectivity index is 1.57. The first-order valence-electron chi connectivity index (χ1n) is 7.57. The van der Waals surface area contributed by atoms with Crippen molar-refractivity contribution in [1.29, 1.82) is 0 Å². The van der Waals surface area contributed by atoms with Gasteiger partial charge in [0.05, 0.1) is 12.1 Å². The fourth-order valence-electron chi connectivity index (χ4n) is 2.33. The lowest BCUT2D eigenvalue weighted by molar-refractivity contribution is 0.293. The fourth-order valence-corrected chi connectivity index (χ4v) is 3.66. The van der Waals surface area contributed by atoms with Crippen LogP contribution in [0.1, 0.15) is 5.82 Å². The lowest BCUT2D eigenvalue weighted by Gasteiger charge is -2.06. The van der Waals surface area contributed by atoms with Gasteiger partial charge in [-0.2, -0.15) is 9.61 Å². The summed E-state index contributed by atoms with van der Waals surface area (Å²) in [7, 11) is 1.64. The van der Waals surface area contributed by atoms with E-state index in [9.17, 15) is 0 Å². The highest BCUT2D eigenvalue weighted by Crippen LogP contribution is 2.29. The minimum Gasteiger partial charge on any atom is -0.497 e. The number of ether oxygens (including phenoxy) is 2. The molecule has 2 heterocycles. The molecule has 0 fully saturated rings.